The Morgan fingerprint density at radius 1 is 0.611 bits per heavy atom. The molecule has 0 spiro atoms. The van der Waals surface area contributed by atoms with Gasteiger partial charge in [0.25, 0.3) is 0 Å². The van der Waals surface area contributed by atoms with Gasteiger partial charge in [-0.2, -0.15) is 0 Å². The third-order valence-corrected chi connectivity index (χ3v) is 5.91. The molecule has 0 aliphatic rings. The zero-order valence-corrected chi connectivity index (χ0v) is 15.4. The van der Waals surface area contributed by atoms with Crippen LogP contribution in [0.5, 0.6) is 0 Å². The van der Waals surface area contributed by atoms with Gasteiger partial charge in [-0.25, -0.2) is 0 Å². The maximum absolute atomic E-state index is 6.34. The van der Waals surface area contributed by atoms with Crippen molar-refractivity contribution in [2.24, 2.45) is 0 Å². The Balaban J connectivity index is 3.35. The Morgan fingerprint density at radius 2 is 0.833 bits per heavy atom. The summed E-state index contributed by atoms with van der Waals surface area (Å²) in [5.74, 6) is 1.61. The van der Waals surface area contributed by atoms with E-state index in [1.807, 2.05) is 0 Å². The molecule has 0 fully saturated rings. The van der Waals surface area contributed by atoms with Crippen molar-refractivity contribution in [2.75, 3.05) is 25.0 Å². The number of benzene rings is 1. The van der Waals surface area contributed by atoms with Crippen LogP contribution in [0.3, 0.4) is 0 Å². The highest BCUT2D eigenvalue weighted by Gasteiger charge is 2.25. The van der Waals surface area contributed by atoms with E-state index in [0.29, 0.717) is 20.1 Å². The Kier molecular flexibility index (Phi) is 6.85. The third kappa shape index (κ3) is 4.04. The normalized spacial score (nSPS) is 11.7. The van der Waals surface area contributed by atoms with Gasteiger partial charge in [-0.3, -0.25) is 0 Å². The van der Waals surface area contributed by atoms with Crippen molar-refractivity contribution in [3.8, 4) is 0 Å². The van der Waals surface area contributed by atoms with E-state index >= 15 is 0 Å². The zero-order chi connectivity index (χ0) is 14.0. The quantitative estimate of drug-likeness (QED) is 0.517. The monoisotopic (exact) mass is 364 g/mol. The minimum Gasteiger partial charge on any atom is -0.0821 e. The lowest BCUT2D eigenvalue weighted by atomic mass is 10.1. The molecular weight excluding hydrogens is 350 g/mol. The van der Waals surface area contributed by atoms with Crippen molar-refractivity contribution in [2.45, 2.75) is 11.5 Å². The summed E-state index contributed by atoms with van der Waals surface area (Å²) in [5.41, 5.74) is 1.75. The van der Waals surface area contributed by atoms with Crippen LogP contribution in [0.15, 0.2) is 0 Å². The molecule has 0 N–H and O–H groups in total. The average Bonchev–Trinajstić information content (AvgIpc) is 2.27. The molecule has 0 aromatic heterocycles. The molecule has 0 aliphatic carbocycles. The van der Waals surface area contributed by atoms with E-state index in [4.69, 9.17) is 46.4 Å². The predicted molar refractivity (Wildman–Crippen MR) is 92.3 cm³/mol. The molecule has 0 saturated heterocycles. The fraction of sp³-hybridized carbons (Fsp3) is 0.500. The van der Waals surface area contributed by atoms with Gasteiger partial charge in [0.05, 0.1) is 45.1 Å². The topological polar surface area (TPSA) is 0 Å². The molecule has 0 amide bonds. The van der Waals surface area contributed by atoms with E-state index in [1.54, 1.807) is 0 Å². The summed E-state index contributed by atoms with van der Waals surface area (Å²) in [6, 6.07) is 0. The lowest BCUT2D eigenvalue weighted by Crippen LogP contribution is -2.06. The Labute approximate surface area is 135 Å². The van der Waals surface area contributed by atoms with Gasteiger partial charge < -0.3 is 0 Å². The molecule has 6 heteroatoms. The molecule has 0 radical (unpaired) electrons. The van der Waals surface area contributed by atoms with E-state index in [9.17, 15) is 0 Å². The van der Waals surface area contributed by atoms with Crippen LogP contribution in [-0.2, 0) is 33.3 Å². The van der Waals surface area contributed by atoms with Crippen LogP contribution in [0.4, 0.5) is 0 Å². The molecule has 102 valence electrons. The van der Waals surface area contributed by atoms with E-state index < -0.39 is 0 Å². The van der Waals surface area contributed by atoms with Crippen LogP contribution >= 0.6 is 46.4 Å². The minimum atomic E-state index is 0.195. The van der Waals surface area contributed by atoms with Gasteiger partial charge in [0.15, 0.2) is 0 Å². The van der Waals surface area contributed by atoms with Gasteiger partial charge in [-0.05, 0) is 21.8 Å². The Hall–Kier alpha value is 1.08. The van der Waals surface area contributed by atoms with E-state index in [2.05, 4.69) is 25.0 Å². The first-order valence-electron chi connectivity index (χ1n) is 5.17. The summed E-state index contributed by atoms with van der Waals surface area (Å²) in [4.78, 5) is 0. The van der Waals surface area contributed by atoms with Crippen LogP contribution in [0.25, 0.3) is 0 Å². The maximum atomic E-state index is 6.34. The number of hydrogen-bond donors (Lipinski definition) is 0. The molecule has 0 unspecified atom stereocenters. The Morgan fingerprint density at radius 3 is 1.00 bits per heavy atom. The van der Waals surface area contributed by atoms with Crippen molar-refractivity contribution < 1.29 is 0 Å². The molecule has 0 atom stereocenters. The molecule has 0 heterocycles. The third-order valence-electron chi connectivity index (χ3n) is 2.31. The summed E-state index contributed by atoms with van der Waals surface area (Å²) < 4.78 is 0. The van der Waals surface area contributed by atoms with Gasteiger partial charge >= 0.3 is 0 Å². The van der Waals surface area contributed by atoms with Crippen LogP contribution in [-0.4, -0.2) is 25.0 Å². The van der Waals surface area contributed by atoms with E-state index in [1.165, 1.54) is 0 Å². The summed E-state index contributed by atoms with van der Waals surface area (Å²) in [5, 5.41) is 2.25. The minimum absolute atomic E-state index is 0.195. The maximum Gasteiger partial charge on any atom is 0.135 e. The smallest absolute Gasteiger partial charge is 0.0821 e. The van der Waals surface area contributed by atoms with Crippen LogP contribution < -0.4 is 0 Å². The number of rotatable bonds is 4. The lowest BCUT2D eigenvalue weighted by molar-refractivity contribution is 1.33. The SMILES string of the molecule is C[S+](C)Cc1c(Cl)c(Cl)c(C[S+](C)C)c(Cl)c1Cl. The molecule has 0 saturated carbocycles. The lowest BCUT2D eigenvalue weighted by Gasteiger charge is -2.13. The molecule has 0 nitrogen and oxygen atoms in total. The van der Waals surface area contributed by atoms with Crippen LogP contribution in [0.2, 0.25) is 20.1 Å². The van der Waals surface area contributed by atoms with Gasteiger partial charge in [0.1, 0.15) is 11.5 Å². The summed E-state index contributed by atoms with van der Waals surface area (Å²) in [6.45, 7) is 0. The van der Waals surface area contributed by atoms with Crippen molar-refractivity contribution in [1.29, 1.82) is 0 Å². The second kappa shape index (κ2) is 7.19. The zero-order valence-electron chi connectivity index (χ0n) is 10.7. The number of halogens is 4. The highest BCUT2D eigenvalue weighted by atomic mass is 35.5. The molecule has 1 rings (SSSR count). The Bertz CT molecular complexity index is 374. The first-order chi connectivity index (χ1) is 8.25. The van der Waals surface area contributed by atoms with Gasteiger partial charge in [0.2, 0.25) is 0 Å². The van der Waals surface area contributed by atoms with Crippen molar-refractivity contribution in [1.82, 2.24) is 0 Å². The van der Waals surface area contributed by atoms with Gasteiger partial charge in [0, 0.05) is 11.1 Å². The highest BCUT2D eigenvalue weighted by molar-refractivity contribution is 7.95. The second-order valence-electron chi connectivity index (χ2n) is 4.47. The fourth-order valence-corrected chi connectivity index (χ4v) is 4.80. The summed E-state index contributed by atoms with van der Waals surface area (Å²) in [7, 11) is 0.389. The van der Waals surface area contributed by atoms with Gasteiger partial charge in [-0.15, -0.1) is 0 Å². The van der Waals surface area contributed by atoms with E-state index in [-0.39, 0.29) is 21.8 Å². The fourth-order valence-electron chi connectivity index (χ4n) is 1.55. The van der Waals surface area contributed by atoms with Crippen molar-refractivity contribution >= 4 is 68.2 Å². The molecule has 0 bridgehead atoms. The first-order valence-corrected chi connectivity index (χ1v) is 11.1. The largest absolute Gasteiger partial charge is 0.135 e. The molecular formula is C12H16Cl4S2+2. The molecule has 18 heavy (non-hydrogen) atoms. The molecule has 1 aromatic rings. The summed E-state index contributed by atoms with van der Waals surface area (Å²) in [6.07, 6.45) is 8.55. The first kappa shape index (κ1) is 17.1. The molecule has 0 aliphatic heterocycles. The highest BCUT2D eigenvalue weighted by Crippen LogP contribution is 2.42. The summed E-state index contributed by atoms with van der Waals surface area (Å²) >= 11 is 25.3. The van der Waals surface area contributed by atoms with Crippen LogP contribution in [0, 0.1) is 0 Å². The van der Waals surface area contributed by atoms with E-state index in [0.717, 1.165) is 22.6 Å². The van der Waals surface area contributed by atoms with Gasteiger partial charge in [-0.1, -0.05) is 46.4 Å². The van der Waals surface area contributed by atoms with Crippen molar-refractivity contribution in [3.05, 3.63) is 31.2 Å². The standard InChI is InChI=1S/C12H16Cl4S2/c1-17(2)5-7-9(13)11(15)8(6-18(3)4)12(16)10(7)14/h5-6H2,1-4H3/q+2. The number of hydrogen-bond acceptors (Lipinski definition) is 0. The average molecular weight is 366 g/mol. The van der Waals surface area contributed by atoms with Crippen LogP contribution in [0.1, 0.15) is 11.1 Å². The van der Waals surface area contributed by atoms with Crippen molar-refractivity contribution in [3.63, 3.8) is 0 Å². The molecule has 1 aromatic carbocycles. The predicted octanol–water partition coefficient (Wildman–Crippen LogP) is 5.06. The second-order valence-corrected chi connectivity index (χ2v) is 10.5.